The van der Waals surface area contributed by atoms with Crippen molar-refractivity contribution < 1.29 is 19.4 Å². The molecule has 8 heteroatoms. The molecule has 1 aliphatic heterocycles. The SMILES string of the molecule is N#CC1(C(=O)NCc2cccc(-c3nc(C(=O)O)cs3)c2)CCOCC1. The van der Waals surface area contributed by atoms with Gasteiger partial charge in [0.1, 0.15) is 10.4 Å². The van der Waals surface area contributed by atoms with Crippen LogP contribution in [0.3, 0.4) is 0 Å². The molecule has 1 aliphatic rings. The summed E-state index contributed by atoms with van der Waals surface area (Å²) in [5, 5.41) is 23.3. The average molecular weight is 371 g/mol. The van der Waals surface area contributed by atoms with Gasteiger partial charge in [0.2, 0.25) is 5.91 Å². The molecule has 0 atom stereocenters. The molecule has 0 bridgehead atoms. The number of hydrogen-bond donors (Lipinski definition) is 2. The first-order valence-electron chi connectivity index (χ1n) is 8.09. The molecule has 0 aliphatic carbocycles. The van der Waals surface area contributed by atoms with Crippen LogP contribution in [0.1, 0.15) is 28.9 Å². The van der Waals surface area contributed by atoms with E-state index in [1.165, 1.54) is 16.7 Å². The van der Waals surface area contributed by atoms with Gasteiger partial charge in [0.15, 0.2) is 5.69 Å². The van der Waals surface area contributed by atoms with Gasteiger partial charge < -0.3 is 15.2 Å². The fourth-order valence-corrected chi connectivity index (χ4v) is 3.57. The lowest BCUT2D eigenvalue weighted by atomic mass is 9.81. The summed E-state index contributed by atoms with van der Waals surface area (Å²) in [6, 6.07) is 9.53. The third-order valence-electron chi connectivity index (χ3n) is 4.35. The number of thiazole rings is 1. The number of carboxylic acid groups (broad SMARTS) is 1. The van der Waals surface area contributed by atoms with Gasteiger partial charge in [0.05, 0.1) is 6.07 Å². The van der Waals surface area contributed by atoms with Crippen molar-refractivity contribution >= 4 is 23.2 Å². The Hall–Kier alpha value is -2.76. The quantitative estimate of drug-likeness (QED) is 0.835. The van der Waals surface area contributed by atoms with Crippen LogP contribution in [0.2, 0.25) is 0 Å². The summed E-state index contributed by atoms with van der Waals surface area (Å²) in [6.45, 7) is 1.10. The molecule has 1 amide bonds. The standard InChI is InChI=1S/C18H17N3O4S/c19-11-18(4-6-25-7-5-18)17(24)20-9-12-2-1-3-13(8-12)15-21-14(10-26-15)16(22)23/h1-3,8,10H,4-7,9H2,(H,20,24)(H,22,23). The number of aromatic nitrogens is 1. The Morgan fingerprint density at radius 2 is 2.15 bits per heavy atom. The van der Waals surface area contributed by atoms with Gasteiger partial charge in [0, 0.05) is 30.7 Å². The third-order valence-corrected chi connectivity index (χ3v) is 5.24. The zero-order valence-electron chi connectivity index (χ0n) is 13.9. The zero-order chi connectivity index (χ0) is 18.6. The summed E-state index contributed by atoms with van der Waals surface area (Å²) in [5.41, 5.74) is 0.624. The molecule has 3 rings (SSSR count). The first kappa shape index (κ1) is 18.0. The molecule has 0 unspecified atom stereocenters. The number of hydrogen-bond acceptors (Lipinski definition) is 6. The summed E-state index contributed by atoms with van der Waals surface area (Å²) in [6.07, 6.45) is 0.791. The highest BCUT2D eigenvalue weighted by atomic mass is 32.1. The number of nitriles is 1. The van der Waals surface area contributed by atoms with Crippen molar-refractivity contribution in [3.8, 4) is 16.6 Å². The predicted octanol–water partition coefficient (Wildman–Crippen LogP) is 2.44. The minimum Gasteiger partial charge on any atom is -0.476 e. The van der Waals surface area contributed by atoms with E-state index in [9.17, 15) is 14.9 Å². The van der Waals surface area contributed by atoms with Crippen molar-refractivity contribution in [2.45, 2.75) is 19.4 Å². The minimum atomic E-state index is -1.06. The fourth-order valence-electron chi connectivity index (χ4n) is 2.78. The van der Waals surface area contributed by atoms with Crippen LogP contribution in [0.15, 0.2) is 29.6 Å². The number of carbonyl (C=O) groups excluding carboxylic acids is 1. The van der Waals surface area contributed by atoms with Crippen LogP contribution in [-0.2, 0) is 16.1 Å². The maximum atomic E-state index is 12.5. The molecule has 0 radical (unpaired) electrons. The van der Waals surface area contributed by atoms with Gasteiger partial charge in [-0.05, 0) is 24.5 Å². The largest absolute Gasteiger partial charge is 0.476 e. The van der Waals surface area contributed by atoms with Gasteiger partial charge in [-0.3, -0.25) is 4.79 Å². The van der Waals surface area contributed by atoms with E-state index in [-0.39, 0.29) is 18.1 Å². The first-order valence-corrected chi connectivity index (χ1v) is 8.97. The van der Waals surface area contributed by atoms with Gasteiger partial charge in [-0.1, -0.05) is 18.2 Å². The maximum Gasteiger partial charge on any atom is 0.355 e. The highest BCUT2D eigenvalue weighted by Gasteiger charge is 2.40. The monoisotopic (exact) mass is 371 g/mol. The van der Waals surface area contributed by atoms with E-state index in [1.54, 1.807) is 0 Å². The van der Waals surface area contributed by atoms with Crippen molar-refractivity contribution in [1.29, 1.82) is 5.26 Å². The maximum absolute atomic E-state index is 12.5. The number of ether oxygens (including phenoxy) is 1. The normalized spacial score (nSPS) is 15.8. The van der Waals surface area contributed by atoms with Gasteiger partial charge in [-0.15, -0.1) is 11.3 Å². The van der Waals surface area contributed by atoms with E-state index in [4.69, 9.17) is 9.84 Å². The van der Waals surface area contributed by atoms with Crippen LogP contribution in [-0.4, -0.2) is 35.2 Å². The van der Waals surface area contributed by atoms with Crippen molar-refractivity contribution in [3.63, 3.8) is 0 Å². The van der Waals surface area contributed by atoms with Gasteiger partial charge >= 0.3 is 5.97 Å². The molecule has 7 nitrogen and oxygen atoms in total. The lowest BCUT2D eigenvalue weighted by molar-refractivity contribution is -0.132. The number of aromatic carboxylic acids is 1. The molecule has 26 heavy (non-hydrogen) atoms. The number of rotatable bonds is 5. The van der Waals surface area contributed by atoms with Crippen molar-refractivity contribution in [1.82, 2.24) is 10.3 Å². The number of nitrogens with zero attached hydrogens (tertiary/aromatic N) is 2. The molecule has 1 saturated heterocycles. The van der Waals surface area contributed by atoms with Crippen LogP contribution < -0.4 is 5.32 Å². The first-order chi connectivity index (χ1) is 12.5. The van der Waals surface area contributed by atoms with Crippen molar-refractivity contribution in [2.75, 3.05) is 13.2 Å². The van der Waals surface area contributed by atoms with Crippen LogP contribution in [0.5, 0.6) is 0 Å². The molecular weight excluding hydrogens is 354 g/mol. The number of carbonyl (C=O) groups is 2. The number of carboxylic acids is 1. The Bertz CT molecular complexity index is 865. The summed E-state index contributed by atoms with van der Waals surface area (Å²) in [7, 11) is 0. The molecule has 134 valence electrons. The van der Waals surface area contributed by atoms with E-state index < -0.39 is 11.4 Å². The van der Waals surface area contributed by atoms with E-state index in [0.717, 1.165) is 11.1 Å². The molecule has 0 saturated carbocycles. The Kier molecular flexibility index (Phi) is 5.30. The molecule has 0 spiro atoms. The Balaban J connectivity index is 1.70. The molecule has 1 fully saturated rings. The Labute approximate surface area is 154 Å². The second-order valence-electron chi connectivity index (χ2n) is 6.03. The topological polar surface area (TPSA) is 112 Å². The molecule has 1 aromatic carbocycles. The molecule has 2 aromatic rings. The second kappa shape index (κ2) is 7.64. The number of nitrogens with one attached hydrogen (secondary N) is 1. The van der Waals surface area contributed by atoms with Crippen molar-refractivity contribution in [2.24, 2.45) is 5.41 Å². The highest BCUT2D eigenvalue weighted by molar-refractivity contribution is 7.13. The fraction of sp³-hybridized carbons (Fsp3) is 0.333. The van der Waals surface area contributed by atoms with Crippen LogP contribution in [0.25, 0.3) is 10.6 Å². The molecular formula is C18H17N3O4S. The van der Waals surface area contributed by atoms with Gasteiger partial charge in [-0.25, -0.2) is 9.78 Å². The smallest absolute Gasteiger partial charge is 0.355 e. The lowest BCUT2D eigenvalue weighted by Crippen LogP contribution is -2.43. The Morgan fingerprint density at radius 1 is 1.38 bits per heavy atom. The van der Waals surface area contributed by atoms with Crippen LogP contribution >= 0.6 is 11.3 Å². The van der Waals surface area contributed by atoms with E-state index in [0.29, 0.717) is 31.1 Å². The number of amides is 1. The van der Waals surface area contributed by atoms with E-state index in [2.05, 4.69) is 16.4 Å². The third kappa shape index (κ3) is 3.74. The van der Waals surface area contributed by atoms with Crippen molar-refractivity contribution in [3.05, 3.63) is 40.9 Å². The van der Waals surface area contributed by atoms with Gasteiger partial charge in [-0.2, -0.15) is 5.26 Å². The molecule has 2 heterocycles. The zero-order valence-corrected chi connectivity index (χ0v) is 14.7. The summed E-state index contributed by atoms with van der Waals surface area (Å²) in [5.74, 6) is -1.34. The number of benzene rings is 1. The van der Waals surface area contributed by atoms with E-state index >= 15 is 0 Å². The van der Waals surface area contributed by atoms with E-state index in [1.807, 2.05) is 24.3 Å². The predicted molar refractivity (Wildman–Crippen MR) is 94.5 cm³/mol. The minimum absolute atomic E-state index is 0.0131. The van der Waals surface area contributed by atoms with Crippen LogP contribution in [0, 0.1) is 16.7 Å². The summed E-state index contributed by atoms with van der Waals surface area (Å²) >= 11 is 1.25. The highest BCUT2D eigenvalue weighted by Crippen LogP contribution is 2.30. The van der Waals surface area contributed by atoms with Gasteiger partial charge in [0.25, 0.3) is 0 Å². The molecule has 2 N–H and O–H groups in total. The Morgan fingerprint density at radius 3 is 2.81 bits per heavy atom. The van der Waals surface area contributed by atoms with Crippen LogP contribution in [0.4, 0.5) is 0 Å². The second-order valence-corrected chi connectivity index (χ2v) is 6.89. The summed E-state index contributed by atoms with van der Waals surface area (Å²) in [4.78, 5) is 27.5. The lowest BCUT2D eigenvalue weighted by Gasteiger charge is -2.29. The average Bonchev–Trinajstić information content (AvgIpc) is 3.17. The summed E-state index contributed by atoms with van der Waals surface area (Å²) < 4.78 is 5.24. The molecule has 1 aromatic heterocycles.